The summed E-state index contributed by atoms with van der Waals surface area (Å²) in [4.78, 5) is 2.11. The Bertz CT molecular complexity index is 507. The molecule has 17 heavy (non-hydrogen) atoms. The fraction of sp³-hybridized carbons (Fsp3) is 0.385. The van der Waals surface area contributed by atoms with E-state index in [0.717, 1.165) is 29.7 Å². The second-order valence-electron chi connectivity index (χ2n) is 4.53. The summed E-state index contributed by atoms with van der Waals surface area (Å²) in [6.07, 6.45) is 0.876. The van der Waals surface area contributed by atoms with E-state index in [4.69, 9.17) is 21.8 Å². The molecule has 0 aliphatic heterocycles. The largest absolute Gasteiger partial charge is 0.459 e. The Hall–Kier alpha value is -1.03. The van der Waals surface area contributed by atoms with Gasteiger partial charge in [-0.3, -0.25) is 0 Å². The lowest BCUT2D eigenvalue weighted by Crippen LogP contribution is -2.19. The van der Waals surface area contributed by atoms with Crippen LogP contribution in [0.1, 0.15) is 18.2 Å². The lowest BCUT2D eigenvalue weighted by Gasteiger charge is -2.12. The summed E-state index contributed by atoms with van der Waals surface area (Å²) in [6.45, 7) is 0.943. The first kappa shape index (κ1) is 12.4. The van der Waals surface area contributed by atoms with Crippen molar-refractivity contribution in [3.8, 4) is 0 Å². The van der Waals surface area contributed by atoms with Crippen molar-refractivity contribution in [2.75, 3.05) is 20.6 Å². The quantitative estimate of drug-likeness (QED) is 0.910. The Kier molecular flexibility index (Phi) is 3.72. The topological polar surface area (TPSA) is 42.4 Å². The molecule has 1 aromatic carbocycles. The Morgan fingerprint density at radius 3 is 2.82 bits per heavy atom. The Morgan fingerprint density at radius 1 is 1.35 bits per heavy atom. The van der Waals surface area contributed by atoms with Crippen LogP contribution in [-0.4, -0.2) is 25.5 Å². The molecule has 3 nitrogen and oxygen atoms in total. The normalized spacial score (nSPS) is 13.5. The number of halogens is 1. The van der Waals surface area contributed by atoms with Crippen LogP contribution in [0.3, 0.4) is 0 Å². The Morgan fingerprint density at radius 2 is 2.12 bits per heavy atom. The second kappa shape index (κ2) is 5.08. The number of benzene rings is 1. The molecule has 1 heterocycles. The smallest absolute Gasteiger partial charge is 0.134 e. The number of fused-ring (bicyclic) bond motifs is 1. The minimum Gasteiger partial charge on any atom is -0.459 e. The average Bonchev–Trinajstić information content (AvgIpc) is 2.68. The molecule has 1 aromatic heterocycles. The van der Waals surface area contributed by atoms with Crippen molar-refractivity contribution >= 4 is 22.6 Å². The highest BCUT2D eigenvalue weighted by atomic mass is 35.5. The maximum absolute atomic E-state index is 6.09. The van der Waals surface area contributed by atoms with Gasteiger partial charge in [-0.1, -0.05) is 11.6 Å². The zero-order valence-corrected chi connectivity index (χ0v) is 10.9. The van der Waals surface area contributed by atoms with Gasteiger partial charge >= 0.3 is 0 Å². The van der Waals surface area contributed by atoms with E-state index in [9.17, 15) is 0 Å². The van der Waals surface area contributed by atoms with Crippen LogP contribution in [-0.2, 0) is 0 Å². The zero-order chi connectivity index (χ0) is 12.4. The second-order valence-corrected chi connectivity index (χ2v) is 4.97. The van der Waals surface area contributed by atoms with Gasteiger partial charge in [0.1, 0.15) is 11.3 Å². The van der Waals surface area contributed by atoms with Gasteiger partial charge in [0.2, 0.25) is 0 Å². The van der Waals surface area contributed by atoms with Crippen LogP contribution in [0.2, 0.25) is 5.02 Å². The highest BCUT2D eigenvalue weighted by molar-refractivity contribution is 6.31. The molecular formula is C13H17ClN2O. The van der Waals surface area contributed by atoms with Crippen LogP contribution in [0.5, 0.6) is 0 Å². The molecule has 2 aromatic rings. The highest BCUT2D eigenvalue weighted by Gasteiger charge is 2.12. The molecule has 1 atom stereocenters. The summed E-state index contributed by atoms with van der Waals surface area (Å²) < 4.78 is 5.71. The molecule has 2 N–H and O–H groups in total. The summed E-state index contributed by atoms with van der Waals surface area (Å²) in [7, 11) is 4.07. The predicted octanol–water partition coefficient (Wildman–Crippen LogP) is 3.04. The van der Waals surface area contributed by atoms with Crippen molar-refractivity contribution in [1.82, 2.24) is 4.90 Å². The van der Waals surface area contributed by atoms with Crippen LogP contribution in [0.15, 0.2) is 28.7 Å². The van der Waals surface area contributed by atoms with E-state index in [1.165, 1.54) is 0 Å². The van der Waals surface area contributed by atoms with Crippen LogP contribution in [0, 0.1) is 0 Å². The standard InChI is InChI=1S/C13H17ClN2O/c1-16(2)6-5-11(15)13-8-9-7-10(14)3-4-12(9)17-13/h3-4,7-8,11H,5-6,15H2,1-2H3. The van der Waals surface area contributed by atoms with E-state index >= 15 is 0 Å². The van der Waals surface area contributed by atoms with E-state index in [2.05, 4.69) is 4.90 Å². The SMILES string of the molecule is CN(C)CCC(N)c1cc2cc(Cl)ccc2o1. The third kappa shape index (κ3) is 3.00. The summed E-state index contributed by atoms with van der Waals surface area (Å²) >= 11 is 5.93. The average molecular weight is 253 g/mol. The molecule has 0 radical (unpaired) electrons. The molecule has 0 spiro atoms. The van der Waals surface area contributed by atoms with Gasteiger partial charge in [0.15, 0.2) is 0 Å². The molecule has 0 aliphatic rings. The van der Waals surface area contributed by atoms with Gasteiger partial charge in [-0.15, -0.1) is 0 Å². The van der Waals surface area contributed by atoms with Crippen LogP contribution >= 0.6 is 11.6 Å². The molecule has 2 rings (SSSR count). The molecule has 4 heteroatoms. The molecule has 0 saturated heterocycles. The molecule has 0 fully saturated rings. The van der Waals surface area contributed by atoms with Gasteiger partial charge in [0.25, 0.3) is 0 Å². The first-order chi connectivity index (χ1) is 8.06. The predicted molar refractivity (Wildman–Crippen MR) is 71.3 cm³/mol. The van der Waals surface area contributed by atoms with Crippen molar-refractivity contribution in [2.45, 2.75) is 12.5 Å². The minimum atomic E-state index is -0.0661. The van der Waals surface area contributed by atoms with Crippen molar-refractivity contribution in [1.29, 1.82) is 0 Å². The molecule has 1 unspecified atom stereocenters. The number of hydrogen-bond donors (Lipinski definition) is 1. The molecule has 92 valence electrons. The fourth-order valence-corrected chi connectivity index (χ4v) is 1.94. The van der Waals surface area contributed by atoms with Crippen molar-refractivity contribution < 1.29 is 4.42 Å². The van der Waals surface area contributed by atoms with E-state index in [-0.39, 0.29) is 6.04 Å². The summed E-state index contributed by atoms with van der Waals surface area (Å²) in [5, 5.41) is 1.72. The summed E-state index contributed by atoms with van der Waals surface area (Å²) in [5.41, 5.74) is 6.93. The maximum Gasteiger partial charge on any atom is 0.134 e. The van der Waals surface area contributed by atoms with Crippen LogP contribution < -0.4 is 5.73 Å². The van der Waals surface area contributed by atoms with Gasteiger partial charge < -0.3 is 15.1 Å². The van der Waals surface area contributed by atoms with E-state index < -0.39 is 0 Å². The Balaban J connectivity index is 2.18. The van der Waals surface area contributed by atoms with E-state index in [1.807, 2.05) is 38.4 Å². The van der Waals surface area contributed by atoms with E-state index in [0.29, 0.717) is 5.02 Å². The monoisotopic (exact) mass is 252 g/mol. The molecule has 0 bridgehead atoms. The first-order valence-electron chi connectivity index (χ1n) is 5.65. The van der Waals surface area contributed by atoms with Gasteiger partial charge in [-0.05, 0) is 51.3 Å². The molecular weight excluding hydrogens is 236 g/mol. The number of hydrogen-bond acceptors (Lipinski definition) is 3. The molecule has 0 aliphatic carbocycles. The third-order valence-corrected chi connectivity index (χ3v) is 2.99. The van der Waals surface area contributed by atoms with Gasteiger partial charge in [0.05, 0.1) is 6.04 Å². The lowest BCUT2D eigenvalue weighted by atomic mass is 10.1. The van der Waals surface area contributed by atoms with Crippen LogP contribution in [0.4, 0.5) is 0 Å². The number of rotatable bonds is 4. The van der Waals surface area contributed by atoms with Gasteiger partial charge in [0, 0.05) is 10.4 Å². The summed E-state index contributed by atoms with van der Waals surface area (Å²) in [6, 6.07) is 7.50. The van der Waals surface area contributed by atoms with Crippen molar-refractivity contribution in [2.24, 2.45) is 5.73 Å². The maximum atomic E-state index is 6.09. The number of nitrogens with zero attached hydrogens (tertiary/aromatic N) is 1. The number of nitrogens with two attached hydrogens (primary N) is 1. The zero-order valence-electron chi connectivity index (χ0n) is 10.1. The van der Waals surface area contributed by atoms with Crippen LogP contribution in [0.25, 0.3) is 11.0 Å². The van der Waals surface area contributed by atoms with Gasteiger partial charge in [-0.2, -0.15) is 0 Å². The fourth-order valence-electron chi connectivity index (χ4n) is 1.76. The lowest BCUT2D eigenvalue weighted by molar-refractivity contribution is 0.366. The third-order valence-electron chi connectivity index (χ3n) is 2.75. The van der Waals surface area contributed by atoms with E-state index in [1.54, 1.807) is 0 Å². The summed E-state index contributed by atoms with van der Waals surface area (Å²) in [5.74, 6) is 0.823. The Labute approximate surface area is 106 Å². The van der Waals surface area contributed by atoms with Crippen molar-refractivity contribution in [3.63, 3.8) is 0 Å². The minimum absolute atomic E-state index is 0.0661. The van der Waals surface area contributed by atoms with Crippen molar-refractivity contribution in [3.05, 3.63) is 35.0 Å². The van der Waals surface area contributed by atoms with Gasteiger partial charge in [-0.25, -0.2) is 0 Å². The highest BCUT2D eigenvalue weighted by Crippen LogP contribution is 2.26. The molecule has 0 saturated carbocycles. The number of furan rings is 1. The first-order valence-corrected chi connectivity index (χ1v) is 6.03. The molecule has 0 amide bonds.